The van der Waals surface area contributed by atoms with Crippen LogP contribution in [0.5, 0.6) is 5.75 Å². The van der Waals surface area contributed by atoms with Gasteiger partial charge in [-0.2, -0.15) is 0 Å². The highest BCUT2D eigenvalue weighted by atomic mass is 16.5. The number of ether oxygens (including phenoxy) is 2. The molecular formula is C12H15NO5. The smallest absolute Gasteiger partial charge is 0.352 e. The number of carboxylic acids is 1. The van der Waals surface area contributed by atoms with Gasteiger partial charge < -0.3 is 19.1 Å². The normalized spacial score (nSPS) is 23.0. The minimum atomic E-state index is -1.13. The van der Waals surface area contributed by atoms with Crippen molar-refractivity contribution in [2.24, 2.45) is 0 Å². The van der Waals surface area contributed by atoms with Gasteiger partial charge in [0, 0.05) is 12.7 Å². The lowest BCUT2D eigenvalue weighted by Gasteiger charge is -2.21. The summed E-state index contributed by atoms with van der Waals surface area (Å²) in [4.78, 5) is 22.8. The summed E-state index contributed by atoms with van der Waals surface area (Å²) in [6, 6.07) is 0.997. The number of nitrogens with zero attached hydrogens (tertiary/aromatic N) is 1. The molecule has 2 atom stereocenters. The largest absolute Gasteiger partial charge is 0.491 e. The van der Waals surface area contributed by atoms with Crippen LogP contribution >= 0.6 is 0 Å². The molecule has 98 valence electrons. The molecule has 0 bridgehead atoms. The summed E-state index contributed by atoms with van der Waals surface area (Å²) in [6.07, 6.45) is 2.07. The summed E-state index contributed by atoms with van der Waals surface area (Å²) in [6.45, 7) is 2.47. The van der Waals surface area contributed by atoms with Crippen LogP contribution in [0.2, 0.25) is 0 Å². The minimum absolute atomic E-state index is 0.0387. The average molecular weight is 253 g/mol. The van der Waals surface area contributed by atoms with Crippen molar-refractivity contribution in [1.82, 2.24) is 4.57 Å². The summed E-state index contributed by atoms with van der Waals surface area (Å²) in [5.74, 6) is -0.993. The predicted molar refractivity (Wildman–Crippen MR) is 63.3 cm³/mol. The Bertz CT molecular complexity index is 522. The maximum Gasteiger partial charge on any atom is 0.352 e. The zero-order valence-corrected chi connectivity index (χ0v) is 10.3. The monoisotopic (exact) mass is 253 g/mol. The van der Waals surface area contributed by atoms with Gasteiger partial charge in [0.15, 0.2) is 5.75 Å². The highest BCUT2D eigenvalue weighted by Crippen LogP contribution is 2.27. The van der Waals surface area contributed by atoms with Gasteiger partial charge in [-0.1, -0.05) is 0 Å². The molecule has 6 nitrogen and oxygen atoms in total. The van der Waals surface area contributed by atoms with Crippen molar-refractivity contribution < 1.29 is 19.4 Å². The lowest BCUT2D eigenvalue weighted by atomic mass is 10.1. The van der Waals surface area contributed by atoms with E-state index < -0.39 is 11.4 Å². The molecule has 1 aromatic rings. The molecule has 1 saturated heterocycles. The van der Waals surface area contributed by atoms with E-state index in [1.807, 2.05) is 6.92 Å². The van der Waals surface area contributed by atoms with Crippen LogP contribution < -0.4 is 10.2 Å². The third-order valence-electron chi connectivity index (χ3n) is 3.18. The molecule has 1 N–H and O–H groups in total. The fraction of sp³-hybridized carbons (Fsp3) is 0.500. The minimum Gasteiger partial charge on any atom is -0.491 e. The van der Waals surface area contributed by atoms with Crippen LogP contribution in [0.15, 0.2) is 17.1 Å². The predicted octanol–water partition coefficient (Wildman–Crippen LogP) is 0.905. The fourth-order valence-electron chi connectivity index (χ4n) is 2.21. The van der Waals surface area contributed by atoms with Crippen molar-refractivity contribution in [3.8, 4) is 5.75 Å². The van der Waals surface area contributed by atoms with E-state index in [-0.39, 0.29) is 23.6 Å². The van der Waals surface area contributed by atoms with Crippen molar-refractivity contribution in [2.45, 2.75) is 25.5 Å². The van der Waals surface area contributed by atoms with Gasteiger partial charge in [0.2, 0.25) is 5.43 Å². The number of carboxylic acid groups (broad SMARTS) is 1. The maximum atomic E-state index is 11.6. The van der Waals surface area contributed by atoms with E-state index >= 15 is 0 Å². The number of hydrogen-bond donors (Lipinski definition) is 1. The van der Waals surface area contributed by atoms with E-state index in [0.717, 1.165) is 6.07 Å². The Hall–Kier alpha value is -1.82. The number of methoxy groups -OCH3 is 1. The molecule has 0 radical (unpaired) electrons. The first-order valence-electron chi connectivity index (χ1n) is 5.69. The van der Waals surface area contributed by atoms with Crippen LogP contribution in [0.1, 0.15) is 29.9 Å². The second-order valence-electron chi connectivity index (χ2n) is 4.24. The molecule has 0 saturated carbocycles. The van der Waals surface area contributed by atoms with Gasteiger partial charge in [-0.25, -0.2) is 4.79 Å². The van der Waals surface area contributed by atoms with Crippen molar-refractivity contribution in [2.75, 3.05) is 13.7 Å². The second kappa shape index (κ2) is 4.81. The van der Waals surface area contributed by atoms with Gasteiger partial charge in [0.1, 0.15) is 5.69 Å². The standard InChI is InChI=1S/C12H15NO5/c1-7-8(3-4-18-7)13-6-11(17-2)10(14)5-9(13)12(15)16/h5-8H,3-4H2,1-2H3,(H,15,16). The first kappa shape index (κ1) is 12.6. The van der Waals surface area contributed by atoms with Crippen LogP contribution in [0.25, 0.3) is 0 Å². The molecule has 0 amide bonds. The first-order chi connectivity index (χ1) is 8.54. The van der Waals surface area contributed by atoms with Crippen LogP contribution in [-0.2, 0) is 4.74 Å². The van der Waals surface area contributed by atoms with Gasteiger partial charge >= 0.3 is 5.97 Å². The summed E-state index contributed by atoms with van der Waals surface area (Å²) < 4.78 is 11.9. The molecule has 1 fully saturated rings. The lowest BCUT2D eigenvalue weighted by Crippen LogP contribution is -2.25. The zero-order chi connectivity index (χ0) is 13.3. The Labute approximate surface area is 104 Å². The maximum absolute atomic E-state index is 11.6. The molecular weight excluding hydrogens is 238 g/mol. The van der Waals surface area contributed by atoms with Crippen molar-refractivity contribution in [1.29, 1.82) is 0 Å². The first-order valence-corrected chi connectivity index (χ1v) is 5.69. The van der Waals surface area contributed by atoms with Crippen molar-refractivity contribution in [3.63, 3.8) is 0 Å². The topological polar surface area (TPSA) is 77.8 Å². The number of pyridine rings is 1. The molecule has 0 aliphatic carbocycles. The Balaban J connectivity index is 2.55. The Kier molecular flexibility index (Phi) is 3.38. The number of rotatable bonds is 3. The second-order valence-corrected chi connectivity index (χ2v) is 4.24. The number of aromatic carboxylic acids is 1. The Morgan fingerprint density at radius 3 is 2.83 bits per heavy atom. The quantitative estimate of drug-likeness (QED) is 0.866. The average Bonchev–Trinajstić information content (AvgIpc) is 2.75. The summed E-state index contributed by atoms with van der Waals surface area (Å²) in [7, 11) is 1.39. The van der Waals surface area contributed by atoms with Crippen LogP contribution in [0.3, 0.4) is 0 Å². The number of aromatic nitrogens is 1. The van der Waals surface area contributed by atoms with E-state index in [1.54, 1.807) is 4.57 Å². The molecule has 2 rings (SSSR count). The molecule has 1 aromatic heterocycles. The fourth-order valence-corrected chi connectivity index (χ4v) is 2.21. The van der Waals surface area contributed by atoms with Gasteiger partial charge in [-0.15, -0.1) is 0 Å². The van der Waals surface area contributed by atoms with Crippen molar-refractivity contribution in [3.05, 3.63) is 28.2 Å². The molecule has 1 aliphatic heterocycles. The van der Waals surface area contributed by atoms with E-state index in [4.69, 9.17) is 14.6 Å². The summed E-state index contributed by atoms with van der Waals surface area (Å²) in [5.41, 5.74) is -0.471. The molecule has 2 heterocycles. The Morgan fingerprint density at radius 1 is 1.61 bits per heavy atom. The SMILES string of the molecule is COc1cn(C2CCOC2C)c(C(=O)O)cc1=O. The third-order valence-corrected chi connectivity index (χ3v) is 3.18. The number of hydrogen-bond acceptors (Lipinski definition) is 4. The molecule has 6 heteroatoms. The summed E-state index contributed by atoms with van der Waals surface area (Å²) in [5, 5.41) is 9.16. The number of carbonyl (C=O) groups is 1. The van der Waals surface area contributed by atoms with Gasteiger partial charge in [-0.3, -0.25) is 4.79 Å². The van der Waals surface area contributed by atoms with Crippen LogP contribution in [-0.4, -0.2) is 35.5 Å². The highest BCUT2D eigenvalue weighted by molar-refractivity contribution is 5.85. The van der Waals surface area contributed by atoms with E-state index in [9.17, 15) is 9.59 Å². The third kappa shape index (κ3) is 2.11. The van der Waals surface area contributed by atoms with Crippen LogP contribution in [0.4, 0.5) is 0 Å². The molecule has 1 aliphatic rings. The van der Waals surface area contributed by atoms with Gasteiger partial charge in [0.25, 0.3) is 0 Å². The van der Waals surface area contributed by atoms with E-state index in [0.29, 0.717) is 13.0 Å². The molecule has 2 unspecified atom stereocenters. The van der Waals surface area contributed by atoms with Crippen molar-refractivity contribution >= 4 is 5.97 Å². The lowest BCUT2D eigenvalue weighted by molar-refractivity contribution is 0.0672. The molecule has 0 spiro atoms. The van der Waals surface area contributed by atoms with Gasteiger partial charge in [0.05, 0.1) is 25.5 Å². The molecule has 0 aromatic carbocycles. The van der Waals surface area contributed by atoms with E-state index in [2.05, 4.69) is 0 Å². The van der Waals surface area contributed by atoms with E-state index in [1.165, 1.54) is 13.3 Å². The Morgan fingerprint density at radius 2 is 2.33 bits per heavy atom. The van der Waals surface area contributed by atoms with Gasteiger partial charge in [-0.05, 0) is 13.3 Å². The van der Waals surface area contributed by atoms with Crippen LogP contribution in [0, 0.1) is 0 Å². The summed E-state index contributed by atoms with van der Waals surface area (Å²) >= 11 is 0. The highest BCUT2D eigenvalue weighted by Gasteiger charge is 2.29. The molecule has 18 heavy (non-hydrogen) atoms. The zero-order valence-electron chi connectivity index (χ0n) is 10.3.